The number of halogens is 2. The van der Waals surface area contributed by atoms with Gasteiger partial charge in [-0.2, -0.15) is 4.68 Å². The van der Waals surface area contributed by atoms with E-state index in [9.17, 15) is 14.3 Å². The minimum atomic E-state index is -1.13. The van der Waals surface area contributed by atoms with Crippen molar-refractivity contribution in [3.63, 3.8) is 0 Å². The second-order valence-electron chi connectivity index (χ2n) is 4.84. The Labute approximate surface area is 135 Å². The molecule has 6 nitrogen and oxygen atoms in total. The molecule has 0 spiro atoms. The number of tetrazole rings is 1. The normalized spacial score (nSPS) is 10.7. The first-order valence-corrected chi connectivity index (χ1v) is 6.92. The molecule has 0 aliphatic carbocycles. The highest BCUT2D eigenvalue weighted by Gasteiger charge is 2.14. The van der Waals surface area contributed by atoms with Crippen molar-refractivity contribution in [2.45, 2.75) is 6.92 Å². The van der Waals surface area contributed by atoms with Gasteiger partial charge in [-0.3, -0.25) is 0 Å². The molecule has 0 atom stereocenters. The molecular weight excluding hydrogens is 323 g/mol. The number of hydrogen-bond donors (Lipinski definition) is 1. The maximum atomic E-state index is 14.1. The van der Waals surface area contributed by atoms with Crippen LogP contribution < -0.4 is 0 Å². The van der Waals surface area contributed by atoms with Gasteiger partial charge in [0, 0.05) is 10.6 Å². The first-order chi connectivity index (χ1) is 11.0. The van der Waals surface area contributed by atoms with E-state index in [0.717, 1.165) is 0 Å². The molecule has 0 unspecified atom stereocenters. The summed E-state index contributed by atoms with van der Waals surface area (Å²) in [6, 6.07) is 8.62. The quantitative estimate of drug-likeness (QED) is 0.797. The lowest BCUT2D eigenvalue weighted by Gasteiger charge is -2.09. The number of nitrogens with zero attached hydrogens (tertiary/aromatic N) is 4. The fourth-order valence-electron chi connectivity index (χ4n) is 2.21. The van der Waals surface area contributed by atoms with E-state index in [1.807, 2.05) is 0 Å². The lowest BCUT2D eigenvalue weighted by atomic mass is 10.0. The third kappa shape index (κ3) is 2.91. The number of rotatable bonds is 3. The van der Waals surface area contributed by atoms with Crippen molar-refractivity contribution < 1.29 is 14.3 Å². The monoisotopic (exact) mass is 332 g/mol. The van der Waals surface area contributed by atoms with Crippen LogP contribution >= 0.6 is 11.6 Å². The maximum absolute atomic E-state index is 14.1. The smallest absolute Gasteiger partial charge is 0.335 e. The molecule has 0 aliphatic rings. The molecule has 116 valence electrons. The molecule has 1 N–H and O–H groups in total. The Morgan fingerprint density at radius 1 is 1.26 bits per heavy atom. The van der Waals surface area contributed by atoms with Gasteiger partial charge in [-0.15, -0.1) is 5.10 Å². The van der Waals surface area contributed by atoms with Gasteiger partial charge < -0.3 is 5.11 Å². The molecule has 0 radical (unpaired) electrons. The van der Waals surface area contributed by atoms with Crippen molar-refractivity contribution in [1.82, 2.24) is 20.2 Å². The number of carbonyl (C=O) groups is 1. The van der Waals surface area contributed by atoms with E-state index >= 15 is 0 Å². The van der Waals surface area contributed by atoms with Gasteiger partial charge in [0.25, 0.3) is 0 Å². The van der Waals surface area contributed by atoms with Gasteiger partial charge in [-0.05, 0) is 59.3 Å². The summed E-state index contributed by atoms with van der Waals surface area (Å²) in [5.74, 6) is -1.19. The van der Waals surface area contributed by atoms with Gasteiger partial charge in [0.15, 0.2) is 5.82 Å². The third-order valence-corrected chi connectivity index (χ3v) is 3.51. The van der Waals surface area contributed by atoms with Crippen molar-refractivity contribution in [2.24, 2.45) is 0 Å². The van der Waals surface area contributed by atoms with E-state index in [4.69, 9.17) is 11.6 Å². The molecule has 0 fully saturated rings. The van der Waals surface area contributed by atoms with Crippen molar-refractivity contribution in [1.29, 1.82) is 0 Å². The second kappa shape index (κ2) is 5.77. The van der Waals surface area contributed by atoms with Crippen molar-refractivity contribution >= 4 is 17.6 Å². The molecule has 3 aromatic rings. The van der Waals surface area contributed by atoms with E-state index < -0.39 is 11.8 Å². The molecule has 8 heteroatoms. The predicted molar refractivity (Wildman–Crippen MR) is 81.3 cm³/mol. The van der Waals surface area contributed by atoms with E-state index in [1.54, 1.807) is 13.0 Å². The number of carboxylic acids is 1. The molecular formula is C15H10ClFN4O2. The van der Waals surface area contributed by atoms with E-state index in [0.29, 0.717) is 17.1 Å². The Balaban J connectivity index is 2.23. The number of benzene rings is 2. The van der Waals surface area contributed by atoms with Crippen LogP contribution in [0.1, 0.15) is 16.2 Å². The minimum Gasteiger partial charge on any atom is -0.478 e. The Kier molecular flexibility index (Phi) is 3.79. The third-order valence-electron chi connectivity index (χ3n) is 3.28. The SMILES string of the molecule is Cc1nnnn1-c1cc(C(=O)O)cc(-c2ccc(Cl)cc2F)c1. The highest BCUT2D eigenvalue weighted by molar-refractivity contribution is 6.30. The molecule has 23 heavy (non-hydrogen) atoms. The average molecular weight is 333 g/mol. The van der Waals surface area contributed by atoms with E-state index in [2.05, 4.69) is 15.5 Å². The van der Waals surface area contributed by atoms with Crippen molar-refractivity contribution in [3.05, 3.63) is 58.6 Å². The summed E-state index contributed by atoms with van der Waals surface area (Å²) in [5.41, 5.74) is 1.06. The molecule has 0 bridgehead atoms. The van der Waals surface area contributed by atoms with Gasteiger partial charge >= 0.3 is 5.97 Å². The lowest BCUT2D eigenvalue weighted by molar-refractivity contribution is 0.0697. The zero-order valence-corrected chi connectivity index (χ0v) is 12.6. The Bertz CT molecular complexity index is 910. The van der Waals surface area contributed by atoms with Crippen LogP contribution in [0.5, 0.6) is 0 Å². The van der Waals surface area contributed by atoms with Crippen LogP contribution in [-0.4, -0.2) is 31.3 Å². The van der Waals surface area contributed by atoms with Gasteiger partial charge in [0.1, 0.15) is 5.82 Å². The maximum Gasteiger partial charge on any atom is 0.335 e. The van der Waals surface area contributed by atoms with E-state index in [1.165, 1.54) is 35.0 Å². The summed E-state index contributed by atoms with van der Waals surface area (Å²) in [7, 11) is 0. The summed E-state index contributed by atoms with van der Waals surface area (Å²) in [5, 5.41) is 20.6. The molecule has 2 aromatic carbocycles. The van der Waals surface area contributed by atoms with Crippen molar-refractivity contribution in [3.8, 4) is 16.8 Å². The first kappa shape index (κ1) is 15.1. The Morgan fingerprint density at radius 3 is 2.65 bits per heavy atom. The van der Waals surface area contributed by atoms with Crippen LogP contribution in [-0.2, 0) is 0 Å². The molecule has 0 saturated carbocycles. The molecule has 0 amide bonds. The van der Waals surface area contributed by atoms with Crippen LogP contribution in [0.25, 0.3) is 16.8 Å². The van der Waals surface area contributed by atoms with Gasteiger partial charge in [0.05, 0.1) is 11.3 Å². The fourth-order valence-corrected chi connectivity index (χ4v) is 2.37. The summed E-state index contributed by atoms with van der Waals surface area (Å²) in [4.78, 5) is 11.4. The Morgan fingerprint density at radius 2 is 2.04 bits per heavy atom. The van der Waals surface area contributed by atoms with Crippen LogP contribution in [0.3, 0.4) is 0 Å². The average Bonchev–Trinajstić information content (AvgIpc) is 2.93. The fraction of sp³-hybridized carbons (Fsp3) is 0.0667. The first-order valence-electron chi connectivity index (χ1n) is 6.55. The minimum absolute atomic E-state index is 0.00162. The largest absolute Gasteiger partial charge is 0.478 e. The molecule has 3 rings (SSSR count). The molecule has 1 aromatic heterocycles. The predicted octanol–water partition coefficient (Wildman–Crippen LogP) is 3.13. The number of aromatic nitrogens is 4. The zero-order valence-electron chi connectivity index (χ0n) is 11.9. The topological polar surface area (TPSA) is 80.9 Å². The highest BCUT2D eigenvalue weighted by Crippen LogP contribution is 2.28. The molecule has 0 saturated heterocycles. The number of carboxylic acid groups (broad SMARTS) is 1. The van der Waals surface area contributed by atoms with Gasteiger partial charge in [0.2, 0.25) is 0 Å². The zero-order chi connectivity index (χ0) is 16.6. The summed E-state index contributed by atoms with van der Waals surface area (Å²) in [6.07, 6.45) is 0. The number of aryl methyl sites for hydroxylation is 1. The summed E-state index contributed by atoms with van der Waals surface area (Å²) >= 11 is 5.75. The van der Waals surface area contributed by atoms with E-state index in [-0.39, 0.29) is 16.1 Å². The standard InChI is InChI=1S/C15H10ClFN4O2/c1-8-18-19-20-21(8)12-5-9(4-10(6-12)15(22)23)13-3-2-11(16)7-14(13)17/h2-7H,1H3,(H,22,23). The summed E-state index contributed by atoms with van der Waals surface area (Å²) < 4.78 is 15.5. The number of aromatic carboxylic acids is 1. The second-order valence-corrected chi connectivity index (χ2v) is 5.27. The number of hydrogen-bond acceptors (Lipinski definition) is 4. The van der Waals surface area contributed by atoms with Crippen LogP contribution in [0, 0.1) is 12.7 Å². The van der Waals surface area contributed by atoms with Gasteiger partial charge in [-0.1, -0.05) is 11.6 Å². The molecule has 1 heterocycles. The molecule has 0 aliphatic heterocycles. The van der Waals surface area contributed by atoms with Crippen LogP contribution in [0.2, 0.25) is 5.02 Å². The summed E-state index contributed by atoms with van der Waals surface area (Å²) in [6.45, 7) is 1.68. The Hall–Kier alpha value is -2.80. The van der Waals surface area contributed by atoms with Crippen LogP contribution in [0.4, 0.5) is 4.39 Å². The highest BCUT2D eigenvalue weighted by atomic mass is 35.5. The van der Waals surface area contributed by atoms with Crippen molar-refractivity contribution in [2.75, 3.05) is 0 Å². The van der Waals surface area contributed by atoms with Gasteiger partial charge in [-0.25, -0.2) is 9.18 Å². The van der Waals surface area contributed by atoms with Crippen LogP contribution in [0.15, 0.2) is 36.4 Å². The lowest BCUT2D eigenvalue weighted by Crippen LogP contribution is -2.04.